The van der Waals surface area contributed by atoms with E-state index < -0.39 is 5.91 Å². The number of hydrogen-bond donors (Lipinski definition) is 3. The molecule has 1 fully saturated rings. The van der Waals surface area contributed by atoms with Crippen molar-refractivity contribution < 1.29 is 9.53 Å². The van der Waals surface area contributed by atoms with Gasteiger partial charge in [-0.25, -0.2) is 0 Å². The fourth-order valence-electron chi connectivity index (χ4n) is 2.29. The number of morpholine rings is 1. The zero-order chi connectivity index (χ0) is 16.7. The first-order chi connectivity index (χ1) is 11.1. The second kappa shape index (κ2) is 8.31. The third kappa shape index (κ3) is 5.09. The molecule has 0 aliphatic carbocycles. The van der Waals surface area contributed by atoms with Gasteiger partial charge in [0, 0.05) is 29.9 Å². The predicted octanol–water partition coefficient (Wildman–Crippen LogP) is 1.95. The molecule has 2 aromatic carbocycles. The molecule has 1 saturated heterocycles. The summed E-state index contributed by atoms with van der Waals surface area (Å²) in [4.78, 5) is 11.1. The molecular formula is C18H23N3O2. The van der Waals surface area contributed by atoms with Gasteiger partial charge in [0.15, 0.2) is 0 Å². The molecular weight excluding hydrogens is 290 g/mol. The van der Waals surface area contributed by atoms with E-state index in [0.29, 0.717) is 11.3 Å². The van der Waals surface area contributed by atoms with Crippen LogP contribution in [0, 0.1) is 6.92 Å². The Hall–Kier alpha value is -2.37. The van der Waals surface area contributed by atoms with Gasteiger partial charge in [-0.05, 0) is 30.7 Å². The topological polar surface area (TPSA) is 90.4 Å². The molecule has 0 saturated carbocycles. The summed E-state index contributed by atoms with van der Waals surface area (Å²) in [5.41, 5.74) is 15.3. The zero-order valence-corrected chi connectivity index (χ0v) is 13.3. The van der Waals surface area contributed by atoms with Crippen molar-refractivity contribution in [3.63, 3.8) is 0 Å². The van der Waals surface area contributed by atoms with Crippen LogP contribution in [0.1, 0.15) is 15.9 Å². The number of nitrogens with two attached hydrogens (primary N) is 2. The summed E-state index contributed by atoms with van der Waals surface area (Å²) in [5, 5.41) is 3.16. The minimum Gasteiger partial charge on any atom is -0.398 e. The number of anilines is 1. The van der Waals surface area contributed by atoms with Crippen LogP contribution < -0.4 is 16.8 Å². The highest BCUT2D eigenvalue weighted by Crippen LogP contribution is 2.27. The number of carbonyl (C=O) groups excluding carboxylic acids is 1. The number of hydrogen-bond acceptors (Lipinski definition) is 4. The Morgan fingerprint density at radius 3 is 2.39 bits per heavy atom. The highest BCUT2D eigenvalue weighted by molar-refractivity contribution is 5.95. The van der Waals surface area contributed by atoms with Gasteiger partial charge in [-0.15, -0.1) is 0 Å². The van der Waals surface area contributed by atoms with Crippen LogP contribution in [0.3, 0.4) is 0 Å². The number of primary amides is 1. The van der Waals surface area contributed by atoms with Crippen molar-refractivity contribution in [2.45, 2.75) is 6.92 Å². The third-order valence-corrected chi connectivity index (χ3v) is 3.51. The number of nitrogens with one attached hydrogen (secondary N) is 1. The Labute approximate surface area is 136 Å². The molecule has 3 rings (SSSR count). The molecule has 0 radical (unpaired) electrons. The highest BCUT2D eigenvalue weighted by atomic mass is 16.5. The number of ether oxygens (including phenoxy) is 1. The molecule has 0 atom stereocenters. The lowest BCUT2D eigenvalue weighted by Crippen LogP contribution is -2.30. The van der Waals surface area contributed by atoms with E-state index in [9.17, 15) is 4.79 Å². The summed E-state index contributed by atoms with van der Waals surface area (Å²) in [5.74, 6) is -0.445. The summed E-state index contributed by atoms with van der Waals surface area (Å²) >= 11 is 0. The molecule has 1 heterocycles. The average molecular weight is 313 g/mol. The molecule has 5 nitrogen and oxygen atoms in total. The molecule has 0 aromatic heterocycles. The van der Waals surface area contributed by atoms with Gasteiger partial charge in [-0.1, -0.05) is 29.8 Å². The van der Waals surface area contributed by atoms with Crippen LogP contribution in [-0.2, 0) is 4.74 Å². The van der Waals surface area contributed by atoms with E-state index in [1.807, 2.05) is 31.2 Å². The fourth-order valence-corrected chi connectivity index (χ4v) is 2.29. The van der Waals surface area contributed by atoms with Crippen molar-refractivity contribution in [1.82, 2.24) is 5.32 Å². The number of rotatable bonds is 2. The number of carbonyl (C=O) groups is 1. The summed E-state index contributed by atoms with van der Waals surface area (Å²) in [6.45, 7) is 5.84. The maximum absolute atomic E-state index is 11.1. The summed E-state index contributed by atoms with van der Waals surface area (Å²) in [7, 11) is 0. The van der Waals surface area contributed by atoms with Crippen molar-refractivity contribution >= 4 is 11.6 Å². The summed E-state index contributed by atoms with van der Waals surface area (Å²) < 4.78 is 5.01. The van der Waals surface area contributed by atoms with Gasteiger partial charge >= 0.3 is 0 Å². The molecule has 1 aliphatic rings. The number of nitrogen functional groups attached to an aromatic ring is 1. The molecule has 23 heavy (non-hydrogen) atoms. The van der Waals surface area contributed by atoms with Crippen molar-refractivity contribution in [3.8, 4) is 11.1 Å². The second-order valence-electron chi connectivity index (χ2n) is 5.40. The molecule has 5 N–H and O–H groups in total. The molecule has 0 unspecified atom stereocenters. The summed E-state index contributed by atoms with van der Waals surface area (Å²) in [6.07, 6.45) is 0. The lowest BCUT2D eigenvalue weighted by molar-refractivity contribution is 0.100. The van der Waals surface area contributed by atoms with Crippen LogP contribution >= 0.6 is 0 Å². The Balaban J connectivity index is 0.000000268. The third-order valence-electron chi connectivity index (χ3n) is 3.51. The van der Waals surface area contributed by atoms with Crippen molar-refractivity contribution in [3.05, 3.63) is 53.6 Å². The Morgan fingerprint density at radius 1 is 1.13 bits per heavy atom. The van der Waals surface area contributed by atoms with Crippen LogP contribution in [0.2, 0.25) is 0 Å². The second-order valence-corrected chi connectivity index (χ2v) is 5.40. The smallest absolute Gasteiger partial charge is 0.248 e. The average Bonchev–Trinajstić information content (AvgIpc) is 2.57. The standard InChI is InChI=1S/C14H14N2O.C4H9NO/c1-9-3-2-4-10(7-9)12-8-11(14(16)17)5-6-13(12)15;1-3-6-4-2-5-1/h2-8H,15H2,1H3,(H2,16,17);5H,1-4H2. The van der Waals surface area contributed by atoms with Gasteiger partial charge in [-0.3, -0.25) is 4.79 Å². The lowest BCUT2D eigenvalue weighted by Gasteiger charge is -2.10. The maximum Gasteiger partial charge on any atom is 0.248 e. The van der Waals surface area contributed by atoms with Crippen LogP contribution in [0.15, 0.2) is 42.5 Å². The fraction of sp³-hybridized carbons (Fsp3) is 0.278. The Kier molecular flexibility index (Phi) is 6.14. The monoisotopic (exact) mass is 313 g/mol. The normalized spacial score (nSPS) is 13.8. The van der Waals surface area contributed by atoms with Gasteiger partial charge in [0.1, 0.15) is 0 Å². The van der Waals surface area contributed by atoms with Crippen LogP contribution in [-0.4, -0.2) is 32.2 Å². The van der Waals surface area contributed by atoms with Gasteiger partial charge in [0.25, 0.3) is 0 Å². The van der Waals surface area contributed by atoms with E-state index in [4.69, 9.17) is 16.2 Å². The molecule has 122 valence electrons. The largest absolute Gasteiger partial charge is 0.398 e. The molecule has 1 aliphatic heterocycles. The molecule has 0 spiro atoms. The van der Waals surface area contributed by atoms with E-state index in [2.05, 4.69) is 5.32 Å². The van der Waals surface area contributed by atoms with Gasteiger partial charge < -0.3 is 21.5 Å². The summed E-state index contributed by atoms with van der Waals surface area (Å²) in [6, 6.07) is 13.0. The first-order valence-corrected chi connectivity index (χ1v) is 7.63. The minimum absolute atomic E-state index is 0.445. The van der Waals surface area contributed by atoms with E-state index in [-0.39, 0.29) is 0 Å². The quantitative estimate of drug-likeness (QED) is 0.739. The van der Waals surface area contributed by atoms with Crippen LogP contribution in [0.4, 0.5) is 5.69 Å². The first kappa shape index (κ1) is 17.0. The molecule has 2 aromatic rings. The minimum atomic E-state index is -0.445. The van der Waals surface area contributed by atoms with Gasteiger partial charge in [0.05, 0.1) is 13.2 Å². The van der Waals surface area contributed by atoms with Gasteiger partial charge in [0.2, 0.25) is 5.91 Å². The first-order valence-electron chi connectivity index (χ1n) is 7.63. The number of benzene rings is 2. The Morgan fingerprint density at radius 2 is 1.87 bits per heavy atom. The highest BCUT2D eigenvalue weighted by Gasteiger charge is 2.07. The van der Waals surface area contributed by atoms with Crippen LogP contribution in [0.25, 0.3) is 11.1 Å². The van der Waals surface area contributed by atoms with E-state index in [1.165, 1.54) is 0 Å². The SMILES string of the molecule is C1COCCN1.Cc1cccc(-c2cc(C(N)=O)ccc2N)c1. The number of aryl methyl sites for hydroxylation is 1. The predicted molar refractivity (Wildman–Crippen MR) is 93.2 cm³/mol. The lowest BCUT2D eigenvalue weighted by atomic mass is 9.99. The van der Waals surface area contributed by atoms with Crippen molar-refractivity contribution in [2.24, 2.45) is 5.73 Å². The van der Waals surface area contributed by atoms with Crippen molar-refractivity contribution in [1.29, 1.82) is 0 Å². The Bertz CT molecular complexity index is 656. The van der Waals surface area contributed by atoms with E-state index >= 15 is 0 Å². The molecule has 5 heteroatoms. The van der Waals surface area contributed by atoms with Crippen molar-refractivity contribution in [2.75, 3.05) is 32.0 Å². The van der Waals surface area contributed by atoms with E-state index in [1.54, 1.807) is 18.2 Å². The van der Waals surface area contributed by atoms with Gasteiger partial charge in [-0.2, -0.15) is 0 Å². The van der Waals surface area contributed by atoms with E-state index in [0.717, 1.165) is 43.0 Å². The zero-order valence-electron chi connectivity index (χ0n) is 13.3. The van der Waals surface area contributed by atoms with Crippen LogP contribution in [0.5, 0.6) is 0 Å². The molecule has 0 bridgehead atoms. The maximum atomic E-state index is 11.1. The number of amides is 1. The molecule has 1 amide bonds.